The minimum Gasteiger partial charge on any atom is -0.366 e. The van der Waals surface area contributed by atoms with Crippen LogP contribution in [0.1, 0.15) is 17.8 Å². The van der Waals surface area contributed by atoms with E-state index in [-0.39, 0.29) is 11.7 Å². The Hall–Kier alpha value is -1.74. The van der Waals surface area contributed by atoms with Crippen molar-refractivity contribution in [3.05, 3.63) is 32.7 Å². The summed E-state index contributed by atoms with van der Waals surface area (Å²) >= 11 is 3.34. The number of halogens is 1. The van der Waals surface area contributed by atoms with Crippen molar-refractivity contribution in [3.63, 3.8) is 0 Å². The monoisotopic (exact) mass is 355 g/mol. The highest BCUT2D eigenvalue weighted by molar-refractivity contribution is 9.10. The van der Waals surface area contributed by atoms with Crippen LogP contribution in [0, 0.1) is 6.92 Å². The van der Waals surface area contributed by atoms with E-state index in [1.54, 1.807) is 20.2 Å². The standard InChI is InChI=1S/C12H14BrN5O3/c1-7-15-11(16-21-7)9-6-18(3-4-20-9)8-5-14-17(2)12(19)10(8)13/h5,9H,3-4,6H2,1-2H3. The van der Waals surface area contributed by atoms with E-state index in [0.29, 0.717) is 35.9 Å². The molecule has 1 atom stereocenters. The van der Waals surface area contributed by atoms with E-state index in [9.17, 15) is 4.79 Å². The van der Waals surface area contributed by atoms with Crippen LogP contribution in [0.5, 0.6) is 0 Å². The van der Waals surface area contributed by atoms with Crippen molar-refractivity contribution in [2.24, 2.45) is 7.05 Å². The van der Waals surface area contributed by atoms with Gasteiger partial charge in [-0.3, -0.25) is 4.79 Å². The molecule has 1 aliphatic rings. The molecule has 1 fully saturated rings. The number of hydrogen-bond donors (Lipinski definition) is 0. The summed E-state index contributed by atoms with van der Waals surface area (Å²) in [4.78, 5) is 18.2. The first-order valence-electron chi connectivity index (χ1n) is 6.45. The lowest BCUT2D eigenvalue weighted by atomic mass is 10.2. The molecule has 0 saturated carbocycles. The summed E-state index contributed by atoms with van der Waals surface area (Å²) in [6.07, 6.45) is 1.38. The van der Waals surface area contributed by atoms with Gasteiger partial charge in [-0.05, 0) is 15.9 Å². The average Bonchev–Trinajstić information content (AvgIpc) is 2.92. The highest BCUT2D eigenvalue weighted by atomic mass is 79.9. The van der Waals surface area contributed by atoms with Crippen molar-refractivity contribution in [2.45, 2.75) is 13.0 Å². The van der Waals surface area contributed by atoms with Gasteiger partial charge in [-0.1, -0.05) is 5.16 Å². The quantitative estimate of drug-likeness (QED) is 0.787. The fraction of sp³-hybridized carbons (Fsp3) is 0.500. The number of hydrogen-bond acceptors (Lipinski definition) is 7. The lowest BCUT2D eigenvalue weighted by Gasteiger charge is -2.33. The smallest absolute Gasteiger partial charge is 0.282 e. The second-order valence-electron chi connectivity index (χ2n) is 4.75. The van der Waals surface area contributed by atoms with Crippen LogP contribution in [-0.2, 0) is 11.8 Å². The molecular formula is C12H14BrN5O3. The lowest BCUT2D eigenvalue weighted by molar-refractivity contribution is 0.0325. The molecule has 112 valence electrons. The highest BCUT2D eigenvalue weighted by Crippen LogP contribution is 2.27. The fourth-order valence-corrected chi connectivity index (χ4v) is 2.80. The molecule has 0 bridgehead atoms. The van der Waals surface area contributed by atoms with Crippen LogP contribution in [-0.4, -0.2) is 39.6 Å². The Morgan fingerprint density at radius 3 is 3.00 bits per heavy atom. The van der Waals surface area contributed by atoms with Gasteiger partial charge in [-0.15, -0.1) is 0 Å². The molecule has 2 aromatic heterocycles. The molecular weight excluding hydrogens is 342 g/mol. The van der Waals surface area contributed by atoms with E-state index in [4.69, 9.17) is 9.26 Å². The fourth-order valence-electron chi connectivity index (χ4n) is 2.19. The number of anilines is 1. The van der Waals surface area contributed by atoms with Gasteiger partial charge in [-0.2, -0.15) is 10.1 Å². The zero-order valence-electron chi connectivity index (χ0n) is 11.6. The van der Waals surface area contributed by atoms with Crippen LogP contribution >= 0.6 is 15.9 Å². The number of ether oxygens (including phenoxy) is 1. The third kappa shape index (κ3) is 2.70. The zero-order chi connectivity index (χ0) is 15.0. The van der Waals surface area contributed by atoms with Crippen molar-refractivity contribution in [1.29, 1.82) is 0 Å². The SMILES string of the molecule is Cc1nc(C2CN(c3cnn(C)c(=O)c3Br)CCO2)no1. The first-order chi connectivity index (χ1) is 10.1. The van der Waals surface area contributed by atoms with Crippen molar-refractivity contribution in [2.75, 3.05) is 24.6 Å². The summed E-state index contributed by atoms with van der Waals surface area (Å²) in [6.45, 7) is 3.45. The van der Waals surface area contributed by atoms with E-state index >= 15 is 0 Å². The maximum Gasteiger partial charge on any atom is 0.282 e. The largest absolute Gasteiger partial charge is 0.366 e. The van der Waals surface area contributed by atoms with Gasteiger partial charge in [0.25, 0.3) is 5.56 Å². The van der Waals surface area contributed by atoms with E-state index in [0.717, 1.165) is 5.69 Å². The molecule has 9 heteroatoms. The Labute approximate surface area is 128 Å². The predicted octanol–water partition coefficient (Wildman–Crippen LogP) is 0.812. The molecule has 0 radical (unpaired) electrons. The van der Waals surface area contributed by atoms with Gasteiger partial charge in [0.1, 0.15) is 10.6 Å². The van der Waals surface area contributed by atoms with Crippen LogP contribution in [0.15, 0.2) is 20.0 Å². The van der Waals surface area contributed by atoms with E-state index in [1.165, 1.54) is 4.68 Å². The molecule has 8 nitrogen and oxygen atoms in total. The lowest BCUT2D eigenvalue weighted by Crippen LogP contribution is -2.40. The first-order valence-corrected chi connectivity index (χ1v) is 7.24. The third-order valence-corrected chi connectivity index (χ3v) is 4.04. The maximum atomic E-state index is 11.9. The molecule has 1 unspecified atom stereocenters. The van der Waals surface area contributed by atoms with Gasteiger partial charge in [0.15, 0.2) is 0 Å². The molecule has 0 aromatic carbocycles. The first kappa shape index (κ1) is 14.2. The second-order valence-corrected chi connectivity index (χ2v) is 5.54. The number of aryl methyl sites for hydroxylation is 2. The molecule has 21 heavy (non-hydrogen) atoms. The van der Waals surface area contributed by atoms with Gasteiger partial charge >= 0.3 is 0 Å². The van der Waals surface area contributed by atoms with Crippen LogP contribution in [0.3, 0.4) is 0 Å². The summed E-state index contributed by atoms with van der Waals surface area (Å²) in [5.41, 5.74) is 0.567. The molecule has 0 spiro atoms. The molecule has 1 aliphatic heterocycles. The minimum atomic E-state index is -0.285. The highest BCUT2D eigenvalue weighted by Gasteiger charge is 2.27. The van der Waals surface area contributed by atoms with Crippen LogP contribution in [0.25, 0.3) is 0 Å². The molecule has 0 amide bonds. The Balaban J connectivity index is 1.87. The number of aromatic nitrogens is 4. The topological polar surface area (TPSA) is 86.3 Å². The predicted molar refractivity (Wildman–Crippen MR) is 77.1 cm³/mol. The van der Waals surface area contributed by atoms with Gasteiger partial charge < -0.3 is 14.2 Å². The minimum absolute atomic E-state index is 0.175. The van der Waals surface area contributed by atoms with Crippen LogP contribution in [0.4, 0.5) is 5.69 Å². The summed E-state index contributed by atoms with van der Waals surface area (Å²) in [5, 5.41) is 7.95. The van der Waals surface area contributed by atoms with Gasteiger partial charge in [0, 0.05) is 20.5 Å². The van der Waals surface area contributed by atoms with Gasteiger partial charge in [0.05, 0.1) is 25.0 Å². The Morgan fingerprint density at radius 2 is 2.29 bits per heavy atom. The van der Waals surface area contributed by atoms with Gasteiger partial charge in [0.2, 0.25) is 11.7 Å². The Bertz CT molecular complexity index is 713. The molecule has 0 N–H and O–H groups in total. The normalized spacial score (nSPS) is 19.0. The second kappa shape index (κ2) is 5.57. The van der Waals surface area contributed by atoms with Crippen molar-refractivity contribution >= 4 is 21.6 Å². The van der Waals surface area contributed by atoms with Crippen LogP contribution < -0.4 is 10.5 Å². The number of nitrogens with zero attached hydrogens (tertiary/aromatic N) is 5. The van der Waals surface area contributed by atoms with Crippen molar-refractivity contribution < 1.29 is 9.26 Å². The van der Waals surface area contributed by atoms with Crippen LogP contribution in [0.2, 0.25) is 0 Å². The van der Waals surface area contributed by atoms with E-state index < -0.39 is 0 Å². The molecule has 3 heterocycles. The molecule has 0 aliphatic carbocycles. The van der Waals surface area contributed by atoms with Gasteiger partial charge in [-0.25, -0.2) is 4.68 Å². The summed E-state index contributed by atoms with van der Waals surface area (Å²) in [6, 6.07) is 0. The maximum absolute atomic E-state index is 11.9. The molecule has 3 rings (SSSR count). The molecule has 2 aromatic rings. The zero-order valence-corrected chi connectivity index (χ0v) is 13.2. The third-order valence-electron chi connectivity index (χ3n) is 3.30. The summed E-state index contributed by atoms with van der Waals surface area (Å²) < 4.78 is 12.4. The number of morpholine rings is 1. The van der Waals surface area contributed by atoms with E-state index in [1.807, 2.05) is 4.90 Å². The summed E-state index contributed by atoms with van der Waals surface area (Å²) in [7, 11) is 1.61. The molecule has 1 saturated heterocycles. The van der Waals surface area contributed by atoms with Crippen molar-refractivity contribution in [3.8, 4) is 0 Å². The van der Waals surface area contributed by atoms with E-state index in [2.05, 4.69) is 31.2 Å². The summed E-state index contributed by atoms with van der Waals surface area (Å²) in [5.74, 6) is 1.02. The Morgan fingerprint density at radius 1 is 1.48 bits per heavy atom. The number of rotatable bonds is 2. The average molecular weight is 356 g/mol. The van der Waals surface area contributed by atoms with Crippen molar-refractivity contribution in [1.82, 2.24) is 19.9 Å². The Kier molecular flexibility index (Phi) is 3.77.